The minimum atomic E-state index is -0.202. The highest BCUT2D eigenvalue weighted by Gasteiger charge is 2.62. The van der Waals surface area contributed by atoms with E-state index in [9.17, 15) is 14.7 Å². The summed E-state index contributed by atoms with van der Waals surface area (Å²) in [6.45, 7) is 9.40. The first-order valence-corrected chi connectivity index (χ1v) is 14.2. The van der Waals surface area contributed by atoms with E-state index in [4.69, 9.17) is 10.5 Å². The maximum atomic E-state index is 12.7. The zero-order chi connectivity index (χ0) is 24.7. The van der Waals surface area contributed by atoms with Crippen molar-refractivity contribution in [2.24, 2.45) is 52.1 Å². The molecule has 0 aromatic rings. The molecule has 0 saturated heterocycles. The molecule has 4 aliphatic carbocycles. The van der Waals surface area contributed by atoms with Gasteiger partial charge in [-0.2, -0.15) is 0 Å². The van der Waals surface area contributed by atoms with Crippen molar-refractivity contribution in [2.75, 3.05) is 6.61 Å². The van der Waals surface area contributed by atoms with E-state index in [0.717, 1.165) is 25.7 Å². The molecule has 4 fully saturated rings. The number of carbonyl (C=O) groups is 2. The normalized spacial score (nSPS) is 44.5. The van der Waals surface area contributed by atoms with Gasteiger partial charge in [-0.25, -0.2) is 0 Å². The summed E-state index contributed by atoms with van der Waals surface area (Å²) in [7, 11) is 0. The van der Waals surface area contributed by atoms with Gasteiger partial charge in [-0.15, -0.1) is 0 Å². The van der Waals surface area contributed by atoms with Crippen molar-refractivity contribution in [3.05, 3.63) is 0 Å². The van der Waals surface area contributed by atoms with Crippen molar-refractivity contribution in [2.45, 2.75) is 117 Å². The number of fused-ring (bicyclic) bond motifs is 5. The number of rotatable bonds is 8. The second-order valence-electron chi connectivity index (χ2n) is 13.0. The summed E-state index contributed by atoms with van der Waals surface area (Å²) >= 11 is 0. The fraction of sp³-hybridized carbons (Fsp3) is 0.931. The number of aliphatic hydroxyl groups is 1. The van der Waals surface area contributed by atoms with Crippen LogP contribution in [0.15, 0.2) is 0 Å². The van der Waals surface area contributed by atoms with E-state index >= 15 is 0 Å². The lowest BCUT2D eigenvalue weighted by Gasteiger charge is -2.62. The molecule has 0 aromatic heterocycles. The number of nitrogens with two attached hydrogens (primary N) is 1. The fourth-order valence-corrected chi connectivity index (χ4v) is 9.39. The molecule has 0 aromatic carbocycles. The smallest absolute Gasteiger partial charge is 0.305 e. The number of ether oxygens (including phenoxy) is 1. The van der Waals surface area contributed by atoms with Crippen LogP contribution in [-0.2, 0) is 14.3 Å². The first-order valence-electron chi connectivity index (χ1n) is 14.2. The molecular weight excluding hydrogens is 426 g/mol. The van der Waals surface area contributed by atoms with Gasteiger partial charge < -0.3 is 15.6 Å². The van der Waals surface area contributed by atoms with Gasteiger partial charge in [0.2, 0.25) is 0 Å². The standard InChI is InChI=1S/C29H49NO4/c1-5-6-26(33)34-14-11-21(31)15-18(2)22-7-8-23-27-24(10-13-29(22,23)4)28(3)12-9-20(30)16-19(28)17-25(27)32/h18-20,22-25,27,32H,5-17,30H2,1-4H3/t18-,19?,20+,22?,23?,24?,25?,27?,28-,29+/m0/s1. The molecule has 3 N–H and O–H groups in total. The molecule has 194 valence electrons. The molecular formula is C29H49NO4. The third-order valence-corrected chi connectivity index (χ3v) is 11.1. The van der Waals surface area contributed by atoms with E-state index in [-0.39, 0.29) is 29.9 Å². The van der Waals surface area contributed by atoms with Crippen molar-refractivity contribution in [1.82, 2.24) is 0 Å². The van der Waals surface area contributed by atoms with E-state index < -0.39 is 0 Å². The van der Waals surface area contributed by atoms with E-state index in [1.54, 1.807) is 0 Å². The van der Waals surface area contributed by atoms with Crippen LogP contribution >= 0.6 is 0 Å². The minimum absolute atomic E-state index is 0.201. The van der Waals surface area contributed by atoms with Crippen molar-refractivity contribution in [3.8, 4) is 0 Å². The fourth-order valence-electron chi connectivity index (χ4n) is 9.39. The molecule has 0 aliphatic heterocycles. The second-order valence-corrected chi connectivity index (χ2v) is 13.0. The van der Waals surface area contributed by atoms with E-state index in [1.165, 1.54) is 32.1 Å². The van der Waals surface area contributed by atoms with Gasteiger partial charge in [0.25, 0.3) is 0 Å². The van der Waals surface area contributed by atoms with Crippen LogP contribution in [0.3, 0.4) is 0 Å². The summed E-state index contributed by atoms with van der Waals surface area (Å²) in [6.07, 6.45) is 11.0. The zero-order valence-corrected chi connectivity index (χ0v) is 22.1. The molecule has 4 aliphatic rings. The Morgan fingerprint density at radius 1 is 1.03 bits per heavy atom. The quantitative estimate of drug-likeness (QED) is 0.467. The minimum Gasteiger partial charge on any atom is -0.465 e. The summed E-state index contributed by atoms with van der Waals surface area (Å²) < 4.78 is 5.20. The zero-order valence-electron chi connectivity index (χ0n) is 22.1. The molecule has 0 bridgehead atoms. The highest BCUT2D eigenvalue weighted by Crippen LogP contribution is 2.68. The summed E-state index contributed by atoms with van der Waals surface area (Å²) in [4.78, 5) is 24.2. The van der Waals surface area contributed by atoms with Crippen LogP contribution in [0.5, 0.6) is 0 Å². The molecule has 5 nitrogen and oxygen atoms in total. The monoisotopic (exact) mass is 475 g/mol. The van der Waals surface area contributed by atoms with Crippen LogP contribution in [-0.4, -0.2) is 35.6 Å². The third kappa shape index (κ3) is 4.73. The van der Waals surface area contributed by atoms with Crippen LogP contribution in [0.2, 0.25) is 0 Å². The van der Waals surface area contributed by atoms with Crippen molar-refractivity contribution in [3.63, 3.8) is 0 Å². The van der Waals surface area contributed by atoms with Gasteiger partial charge >= 0.3 is 5.97 Å². The molecule has 0 heterocycles. The predicted molar refractivity (Wildman–Crippen MR) is 134 cm³/mol. The third-order valence-electron chi connectivity index (χ3n) is 11.1. The molecule has 4 rings (SSSR count). The van der Waals surface area contributed by atoms with Crippen LogP contribution < -0.4 is 5.73 Å². The Morgan fingerprint density at radius 3 is 2.47 bits per heavy atom. The average Bonchev–Trinajstić information content (AvgIpc) is 3.12. The maximum absolute atomic E-state index is 12.7. The van der Waals surface area contributed by atoms with Gasteiger partial charge in [-0.3, -0.25) is 9.59 Å². The summed E-state index contributed by atoms with van der Waals surface area (Å²) in [5.74, 6) is 3.02. The molecule has 10 atom stereocenters. The molecule has 0 amide bonds. The van der Waals surface area contributed by atoms with Crippen molar-refractivity contribution >= 4 is 11.8 Å². The first-order chi connectivity index (χ1) is 16.1. The number of aliphatic hydroxyl groups excluding tert-OH is 1. The molecule has 4 saturated carbocycles. The molecule has 0 radical (unpaired) electrons. The number of esters is 1. The number of hydrogen-bond acceptors (Lipinski definition) is 5. The van der Waals surface area contributed by atoms with Crippen LogP contribution in [0.1, 0.15) is 105 Å². The number of hydrogen-bond donors (Lipinski definition) is 2. The number of carbonyl (C=O) groups excluding carboxylic acids is 2. The average molecular weight is 476 g/mol. The van der Waals surface area contributed by atoms with Crippen molar-refractivity contribution in [1.29, 1.82) is 0 Å². The molecule has 0 spiro atoms. The molecule has 6 unspecified atom stereocenters. The van der Waals surface area contributed by atoms with Crippen LogP contribution in [0.25, 0.3) is 0 Å². The highest BCUT2D eigenvalue weighted by molar-refractivity contribution is 5.79. The summed E-state index contributed by atoms with van der Waals surface area (Å²) in [5.41, 5.74) is 6.88. The van der Waals surface area contributed by atoms with Gasteiger partial charge in [-0.1, -0.05) is 27.7 Å². The van der Waals surface area contributed by atoms with E-state index in [1.807, 2.05) is 6.92 Å². The topological polar surface area (TPSA) is 89.6 Å². The predicted octanol–water partition coefficient (Wildman–Crippen LogP) is 5.27. The lowest BCUT2D eigenvalue weighted by atomic mass is 9.43. The SMILES string of the molecule is CCCC(=O)OCCC(=O)C[C@H](C)C1CCC2C3C(O)CC4C[C@H](N)CC[C@]4(C)C3CC[C@@]21C. The largest absolute Gasteiger partial charge is 0.465 e. The van der Waals surface area contributed by atoms with Gasteiger partial charge in [0.05, 0.1) is 12.7 Å². The number of Topliss-reactive ketones (excluding diaryl/α,β-unsaturated/α-hetero) is 1. The van der Waals surface area contributed by atoms with Gasteiger partial charge in [0.1, 0.15) is 5.78 Å². The van der Waals surface area contributed by atoms with Crippen molar-refractivity contribution < 1.29 is 19.4 Å². The Hall–Kier alpha value is -0.940. The summed E-state index contributed by atoms with van der Waals surface area (Å²) in [5, 5.41) is 11.4. The van der Waals surface area contributed by atoms with Crippen LogP contribution in [0.4, 0.5) is 0 Å². The molecule has 5 heteroatoms. The van der Waals surface area contributed by atoms with Crippen LogP contribution in [0, 0.1) is 46.3 Å². The van der Waals surface area contributed by atoms with Gasteiger partial charge in [0, 0.05) is 25.3 Å². The Kier molecular flexibility index (Phi) is 7.84. The van der Waals surface area contributed by atoms with E-state index in [0.29, 0.717) is 66.2 Å². The van der Waals surface area contributed by atoms with E-state index in [2.05, 4.69) is 20.8 Å². The lowest BCUT2D eigenvalue weighted by molar-refractivity contribution is -0.166. The highest BCUT2D eigenvalue weighted by atomic mass is 16.5. The summed E-state index contributed by atoms with van der Waals surface area (Å²) in [6, 6.07) is 0.306. The first kappa shape index (κ1) is 26.1. The van der Waals surface area contributed by atoms with Gasteiger partial charge in [-0.05, 0) is 104 Å². The number of ketones is 1. The maximum Gasteiger partial charge on any atom is 0.305 e. The Bertz CT molecular complexity index is 754. The molecule has 34 heavy (non-hydrogen) atoms. The lowest BCUT2D eigenvalue weighted by Crippen LogP contribution is -2.59. The Morgan fingerprint density at radius 2 is 1.74 bits per heavy atom. The second kappa shape index (κ2) is 10.2. The van der Waals surface area contributed by atoms with Gasteiger partial charge in [0.15, 0.2) is 0 Å². The Balaban J connectivity index is 1.39. The Labute approximate surface area is 207 Å².